The summed E-state index contributed by atoms with van der Waals surface area (Å²) in [4.78, 5) is 34.5. The van der Waals surface area contributed by atoms with E-state index in [1.54, 1.807) is 18.2 Å². The molecule has 0 unspecified atom stereocenters. The number of carboxylic acid groups (broad SMARTS) is 1. The third-order valence-electron chi connectivity index (χ3n) is 2.42. The first-order valence-corrected chi connectivity index (χ1v) is 5.20. The van der Waals surface area contributed by atoms with Gasteiger partial charge in [-0.25, -0.2) is 14.4 Å². The average molecular weight is 251 g/mol. The van der Waals surface area contributed by atoms with Gasteiger partial charge in [0.1, 0.15) is 6.04 Å². The van der Waals surface area contributed by atoms with Crippen LogP contribution in [0.5, 0.6) is 0 Å². The first-order valence-electron chi connectivity index (χ1n) is 5.20. The predicted molar refractivity (Wildman–Crippen MR) is 62.1 cm³/mol. The highest BCUT2D eigenvalue weighted by molar-refractivity contribution is 5.96. The number of nitrogens with zero attached hydrogens (tertiary/aromatic N) is 1. The topological polar surface area (TPSA) is 83.9 Å². The monoisotopic (exact) mass is 251 g/mol. The summed E-state index contributed by atoms with van der Waals surface area (Å²) in [6, 6.07) is 6.90. The van der Waals surface area contributed by atoms with E-state index < -0.39 is 24.1 Å². The van der Waals surface area contributed by atoms with Crippen LogP contribution in [0.25, 0.3) is 0 Å². The number of hydrogen-bond acceptors (Lipinski definition) is 4. The maximum atomic E-state index is 11.5. The van der Waals surface area contributed by atoms with Gasteiger partial charge < -0.3 is 9.84 Å². The minimum absolute atomic E-state index is 0.224. The lowest BCUT2D eigenvalue weighted by Crippen LogP contribution is -2.41. The minimum atomic E-state index is -1.18. The largest absolute Gasteiger partial charge is 0.480 e. The van der Waals surface area contributed by atoms with E-state index in [-0.39, 0.29) is 5.56 Å². The van der Waals surface area contributed by atoms with Gasteiger partial charge in [0.2, 0.25) is 0 Å². The molecule has 0 bridgehead atoms. The lowest BCUT2D eigenvalue weighted by Gasteiger charge is -2.19. The van der Waals surface area contributed by atoms with E-state index in [2.05, 4.69) is 4.74 Å². The number of benzene rings is 1. The van der Waals surface area contributed by atoms with Gasteiger partial charge in [0.15, 0.2) is 0 Å². The Balaban J connectivity index is 2.66. The van der Waals surface area contributed by atoms with Crippen LogP contribution in [0.2, 0.25) is 0 Å². The normalized spacial score (nSPS) is 11.4. The van der Waals surface area contributed by atoms with Crippen molar-refractivity contribution in [2.45, 2.75) is 13.0 Å². The molecule has 1 N–H and O–H groups in total. The molecule has 0 aliphatic carbocycles. The van der Waals surface area contributed by atoms with E-state index in [0.717, 1.165) is 4.90 Å². The van der Waals surface area contributed by atoms with Crippen LogP contribution in [0, 0.1) is 0 Å². The highest BCUT2D eigenvalue weighted by atomic mass is 16.6. The van der Waals surface area contributed by atoms with Crippen LogP contribution in [-0.4, -0.2) is 41.1 Å². The fourth-order valence-electron chi connectivity index (χ4n) is 1.11. The van der Waals surface area contributed by atoms with Crippen molar-refractivity contribution in [2.75, 3.05) is 7.05 Å². The van der Waals surface area contributed by atoms with E-state index in [9.17, 15) is 14.4 Å². The molecule has 18 heavy (non-hydrogen) atoms. The van der Waals surface area contributed by atoms with Gasteiger partial charge in [-0.1, -0.05) is 18.2 Å². The van der Waals surface area contributed by atoms with Crippen LogP contribution in [0.15, 0.2) is 30.3 Å². The highest BCUT2D eigenvalue weighted by Gasteiger charge is 2.25. The zero-order valence-electron chi connectivity index (χ0n) is 9.99. The van der Waals surface area contributed by atoms with Crippen molar-refractivity contribution < 1.29 is 24.2 Å². The Morgan fingerprint density at radius 1 is 1.22 bits per heavy atom. The van der Waals surface area contributed by atoms with Crippen molar-refractivity contribution >= 4 is 18.0 Å². The van der Waals surface area contributed by atoms with E-state index in [0.29, 0.717) is 0 Å². The number of ether oxygens (including phenoxy) is 1. The number of carboxylic acids is 1. The molecule has 0 spiro atoms. The van der Waals surface area contributed by atoms with Gasteiger partial charge in [0.05, 0.1) is 5.56 Å². The van der Waals surface area contributed by atoms with Crippen LogP contribution in [0.4, 0.5) is 4.79 Å². The standard InChI is InChI=1S/C12H13NO5/c1-8(10(14)15)13(2)12(17)18-11(16)9-6-4-3-5-7-9/h3-8H,1-2H3,(H,14,15)/t8-/m1/s1. The number of carbonyl (C=O) groups is 3. The van der Waals surface area contributed by atoms with Crippen molar-refractivity contribution in [3.8, 4) is 0 Å². The lowest BCUT2D eigenvalue weighted by atomic mass is 10.2. The number of carbonyl (C=O) groups excluding carboxylic acids is 2. The van der Waals surface area contributed by atoms with Crippen LogP contribution in [-0.2, 0) is 9.53 Å². The molecule has 0 aliphatic rings. The molecule has 96 valence electrons. The van der Waals surface area contributed by atoms with Crippen LogP contribution < -0.4 is 0 Å². The molecule has 1 amide bonds. The fourth-order valence-corrected chi connectivity index (χ4v) is 1.11. The van der Waals surface area contributed by atoms with Crippen molar-refractivity contribution in [2.24, 2.45) is 0 Å². The van der Waals surface area contributed by atoms with E-state index in [1.807, 2.05) is 0 Å². The van der Waals surface area contributed by atoms with E-state index >= 15 is 0 Å². The summed E-state index contributed by atoms with van der Waals surface area (Å²) in [7, 11) is 1.25. The summed E-state index contributed by atoms with van der Waals surface area (Å²) in [5.74, 6) is -1.99. The van der Waals surface area contributed by atoms with Gasteiger partial charge in [-0.15, -0.1) is 0 Å². The highest BCUT2D eigenvalue weighted by Crippen LogP contribution is 2.05. The molecule has 1 atom stereocenters. The molecule has 0 heterocycles. The molecule has 1 aromatic rings. The van der Waals surface area contributed by atoms with Crippen molar-refractivity contribution in [1.29, 1.82) is 0 Å². The molecule has 0 saturated heterocycles. The van der Waals surface area contributed by atoms with Crippen LogP contribution in [0.3, 0.4) is 0 Å². The molecule has 6 heteroatoms. The Morgan fingerprint density at radius 2 is 1.78 bits per heavy atom. The Labute approximate surface area is 104 Å². The van der Waals surface area contributed by atoms with Crippen molar-refractivity contribution in [3.05, 3.63) is 35.9 Å². The van der Waals surface area contributed by atoms with E-state index in [4.69, 9.17) is 5.11 Å². The van der Waals surface area contributed by atoms with Gasteiger partial charge in [-0.2, -0.15) is 0 Å². The summed E-state index contributed by atoms with van der Waals surface area (Å²) < 4.78 is 4.55. The zero-order valence-corrected chi connectivity index (χ0v) is 9.99. The second-order valence-corrected chi connectivity index (χ2v) is 3.65. The minimum Gasteiger partial charge on any atom is -0.480 e. The summed E-state index contributed by atoms with van der Waals surface area (Å²) in [6.07, 6.45) is -1.00. The summed E-state index contributed by atoms with van der Waals surface area (Å²) in [6.45, 7) is 1.32. The first kappa shape index (κ1) is 13.7. The van der Waals surface area contributed by atoms with Gasteiger partial charge in [0, 0.05) is 7.05 Å². The quantitative estimate of drug-likeness (QED) is 0.647. The number of likely N-dealkylation sites (N-methyl/N-ethyl adjacent to an activating group) is 1. The zero-order chi connectivity index (χ0) is 13.7. The molecule has 6 nitrogen and oxygen atoms in total. The molecular formula is C12H13NO5. The molecule has 1 rings (SSSR count). The number of hydrogen-bond donors (Lipinski definition) is 1. The van der Waals surface area contributed by atoms with Gasteiger partial charge in [0.25, 0.3) is 0 Å². The maximum Gasteiger partial charge on any atom is 0.418 e. The lowest BCUT2D eigenvalue weighted by molar-refractivity contribution is -0.141. The van der Waals surface area contributed by atoms with Crippen LogP contribution >= 0.6 is 0 Å². The Bertz CT molecular complexity index is 457. The molecule has 0 saturated carbocycles. The first-order chi connectivity index (χ1) is 8.43. The van der Waals surface area contributed by atoms with Gasteiger partial charge in [-0.3, -0.25) is 4.90 Å². The predicted octanol–water partition coefficient (Wildman–Crippen LogP) is 1.37. The Hall–Kier alpha value is -2.37. The second kappa shape index (κ2) is 5.81. The third-order valence-corrected chi connectivity index (χ3v) is 2.42. The molecule has 1 aromatic carbocycles. The molecule has 0 aromatic heterocycles. The third kappa shape index (κ3) is 3.31. The van der Waals surface area contributed by atoms with Gasteiger partial charge in [-0.05, 0) is 19.1 Å². The van der Waals surface area contributed by atoms with Crippen LogP contribution in [0.1, 0.15) is 17.3 Å². The van der Waals surface area contributed by atoms with E-state index in [1.165, 1.54) is 26.1 Å². The number of esters is 1. The maximum absolute atomic E-state index is 11.5. The SMILES string of the molecule is C[C@H](C(=O)O)N(C)C(=O)OC(=O)c1ccccc1. The van der Waals surface area contributed by atoms with Crippen molar-refractivity contribution in [3.63, 3.8) is 0 Å². The summed E-state index contributed by atoms with van der Waals surface area (Å²) >= 11 is 0. The molecular weight excluding hydrogens is 238 g/mol. The average Bonchev–Trinajstić information content (AvgIpc) is 2.37. The fraction of sp³-hybridized carbons (Fsp3) is 0.250. The summed E-state index contributed by atoms with van der Waals surface area (Å²) in [5.41, 5.74) is 0.224. The summed E-state index contributed by atoms with van der Waals surface area (Å²) in [5, 5.41) is 8.72. The van der Waals surface area contributed by atoms with Crippen molar-refractivity contribution in [1.82, 2.24) is 4.90 Å². The Morgan fingerprint density at radius 3 is 2.28 bits per heavy atom. The number of aliphatic carboxylic acids is 1. The number of amides is 1. The number of rotatable bonds is 3. The Kier molecular flexibility index (Phi) is 4.42. The van der Waals surface area contributed by atoms with Gasteiger partial charge >= 0.3 is 18.0 Å². The molecule has 0 aliphatic heterocycles. The smallest absolute Gasteiger partial charge is 0.418 e. The molecule has 0 radical (unpaired) electrons. The second-order valence-electron chi connectivity index (χ2n) is 3.65. The molecule has 0 fully saturated rings.